The molecule has 5 N–H and O–H groups in total. The Kier molecular flexibility index (Phi) is 3.31. The summed E-state index contributed by atoms with van der Waals surface area (Å²) in [7, 11) is 1.46. The molecular weight excluding hydrogens is 180 g/mol. The summed E-state index contributed by atoms with van der Waals surface area (Å²) in [4.78, 5) is 11.3. The number of carbonyl (C=O) groups is 1. The Hall–Kier alpha value is -0.570. The number of Topliss-reactive ketones (excluding diaryl/α,β-unsaturated/α-hetero) is 1. The Morgan fingerprint density at radius 1 is 1.46 bits per heavy atom. The molecule has 13 heavy (non-hydrogen) atoms. The number of nitrogens with one attached hydrogen (secondary N) is 2. The Labute approximate surface area is 74.3 Å². The molecular formula is C6H12N2O5. The lowest BCUT2D eigenvalue weighted by atomic mass is 10.0. The molecule has 0 radical (unpaired) electrons. The minimum absolute atomic E-state index is 0.567. The SMILES string of the molecule is CNC1C(=O)C(NO)OC(O)C1O. The first-order valence-corrected chi connectivity index (χ1v) is 3.74. The van der Waals surface area contributed by atoms with Gasteiger partial charge in [-0.15, -0.1) is 0 Å². The van der Waals surface area contributed by atoms with E-state index < -0.39 is 30.4 Å². The summed E-state index contributed by atoms with van der Waals surface area (Å²) in [5, 5.41) is 29.3. The maximum atomic E-state index is 11.3. The first-order chi connectivity index (χ1) is 6.11. The molecule has 0 aromatic rings. The van der Waals surface area contributed by atoms with Crippen molar-refractivity contribution in [2.75, 3.05) is 7.05 Å². The molecule has 0 spiro atoms. The van der Waals surface area contributed by atoms with Crippen LogP contribution >= 0.6 is 0 Å². The number of hydroxylamine groups is 1. The lowest BCUT2D eigenvalue weighted by Gasteiger charge is -2.34. The van der Waals surface area contributed by atoms with E-state index in [1.807, 2.05) is 0 Å². The Bertz CT molecular complexity index is 199. The first-order valence-electron chi connectivity index (χ1n) is 3.74. The highest BCUT2D eigenvalue weighted by atomic mass is 16.7. The predicted molar refractivity (Wildman–Crippen MR) is 39.7 cm³/mol. The number of rotatable bonds is 2. The van der Waals surface area contributed by atoms with Gasteiger partial charge >= 0.3 is 0 Å². The number of likely N-dealkylation sites (N-methyl/N-ethyl adjacent to an activating group) is 1. The first kappa shape index (κ1) is 10.5. The van der Waals surface area contributed by atoms with Gasteiger partial charge in [0, 0.05) is 0 Å². The van der Waals surface area contributed by atoms with Crippen LogP contribution in [0.4, 0.5) is 0 Å². The smallest absolute Gasteiger partial charge is 0.198 e. The molecule has 7 nitrogen and oxygen atoms in total. The normalized spacial score (nSPS) is 40.8. The fraction of sp³-hybridized carbons (Fsp3) is 0.833. The predicted octanol–water partition coefficient (Wildman–Crippen LogP) is -2.84. The average molecular weight is 192 g/mol. The van der Waals surface area contributed by atoms with Gasteiger partial charge in [-0.05, 0) is 7.05 Å². The van der Waals surface area contributed by atoms with Crippen LogP contribution in [0, 0.1) is 0 Å². The highest BCUT2D eigenvalue weighted by Gasteiger charge is 2.42. The Morgan fingerprint density at radius 3 is 2.54 bits per heavy atom. The molecule has 4 atom stereocenters. The second-order valence-electron chi connectivity index (χ2n) is 2.70. The van der Waals surface area contributed by atoms with E-state index >= 15 is 0 Å². The van der Waals surface area contributed by atoms with Gasteiger partial charge in [-0.1, -0.05) is 0 Å². The molecule has 7 heteroatoms. The third-order valence-corrected chi connectivity index (χ3v) is 1.90. The van der Waals surface area contributed by atoms with Crippen molar-refractivity contribution in [3.8, 4) is 0 Å². The monoisotopic (exact) mass is 192 g/mol. The molecule has 1 rings (SSSR count). The Balaban J connectivity index is 2.75. The van der Waals surface area contributed by atoms with Crippen molar-refractivity contribution >= 4 is 5.78 Å². The lowest BCUT2D eigenvalue weighted by Crippen LogP contribution is -2.62. The van der Waals surface area contributed by atoms with Crippen LogP contribution in [0.15, 0.2) is 0 Å². The van der Waals surface area contributed by atoms with Crippen molar-refractivity contribution in [3.63, 3.8) is 0 Å². The van der Waals surface area contributed by atoms with Crippen LogP contribution in [-0.4, -0.2) is 52.9 Å². The summed E-state index contributed by atoms with van der Waals surface area (Å²) in [5.41, 5.74) is 1.59. The van der Waals surface area contributed by atoms with E-state index in [1.54, 1.807) is 5.48 Å². The molecule has 0 aromatic heterocycles. The van der Waals surface area contributed by atoms with Crippen LogP contribution in [0.2, 0.25) is 0 Å². The molecule has 1 fully saturated rings. The van der Waals surface area contributed by atoms with Gasteiger partial charge in [-0.2, -0.15) is 5.48 Å². The molecule has 76 valence electrons. The van der Waals surface area contributed by atoms with Gasteiger partial charge in [0.1, 0.15) is 12.1 Å². The highest BCUT2D eigenvalue weighted by molar-refractivity contribution is 5.89. The number of carbonyl (C=O) groups excluding carboxylic acids is 1. The van der Waals surface area contributed by atoms with Gasteiger partial charge in [-0.25, -0.2) is 0 Å². The third kappa shape index (κ3) is 1.85. The number of aliphatic hydroxyl groups is 2. The van der Waals surface area contributed by atoms with Crippen LogP contribution in [0.1, 0.15) is 0 Å². The summed E-state index contributed by atoms with van der Waals surface area (Å²) < 4.78 is 4.55. The topological polar surface area (TPSA) is 111 Å². The van der Waals surface area contributed by atoms with Crippen LogP contribution in [0.25, 0.3) is 0 Å². The molecule has 0 aromatic carbocycles. The lowest BCUT2D eigenvalue weighted by molar-refractivity contribution is -0.236. The molecule has 1 heterocycles. The van der Waals surface area contributed by atoms with E-state index in [-0.39, 0.29) is 0 Å². The minimum atomic E-state index is -1.50. The van der Waals surface area contributed by atoms with Crippen molar-refractivity contribution in [3.05, 3.63) is 0 Å². The quantitative estimate of drug-likeness (QED) is 0.300. The number of ether oxygens (including phenoxy) is 1. The van der Waals surface area contributed by atoms with Gasteiger partial charge in [0.15, 0.2) is 18.3 Å². The van der Waals surface area contributed by atoms with Crippen molar-refractivity contribution in [1.29, 1.82) is 0 Å². The third-order valence-electron chi connectivity index (χ3n) is 1.90. The number of ketones is 1. The van der Waals surface area contributed by atoms with E-state index in [4.69, 9.17) is 10.3 Å². The number of aliphatic hydroxyl groups excluding tert-OH is 2. The average Bonchev–Trinajstić information content (AvgIpc) is 2.12. The van der Waals surface area contributed by atoms with E-state index in [0.29, 0.717) is 0 Å². The largest absolute Gasteiger partial charge is 0.386 e. The molecule has 1 saturated heterocycles. The van der Waals surface area contributed by atoms with Crippen LogP contribution in [0.3, 0.4) is 0 Å². The van der Waals surface area contributed by atoms with Crippen molar-refractivity contribution in [1.82, 2.24) is 10.8 Å². The fourth-order valence-corrected chi connectivity index (χ4v) is 1.19. The molecule has 1 aliphatic rings. The van der Waals surface area contributed by atoms with Gasteiger partial charge in [0.25, 0.3) is 0 Å². The summed E-state index contributed by atoms with van der Waals surface area (Å²) in [6, 6.07) is -0.951. The van der Waals surface area contributed by atoms with Gasteiger partial charge < -0.3 is 25.5 Å². The zero-order valence-electron chi connectivity index (χ0n) is 6.97. The molecule has 0 bridgehead atoms. The zero-order valence-corrected chi connectivity index (χ0v) is 6.97. The van der Waals surface area contributed by atoms with E-state index in [1.165, 1.54) is 7.05 Å². The second-order valence-corrected chi connectivity index (χ2v) is 2.70. The van der Waals surface area contributed by atoms with Gasteiger partial charge in [0.2, 0.25) is 0 Å². The van der Waals surface area contributed by atoms with E-state index in [0.717, 1.165) is 0 Å². The standard InChI is InChI=1S/C6H12N2O5/c1-7-2-3(9)5(8-12)13-6(11)4(2)10/h2,4-8,10-12H,1H3. The maximum absolute atomic E-state index is 11.3. The molecule has 4 unspecified atom stereocenters. The van der Waals surface area contributed by atoms with E-state index in [2.05, 4.69) is 10.1 Å². The second kappa shape index (κ2) is 4.09. The molecule has 1 aliphatic heterocycles. The van der Waals surface area contributed by atoms with Crippen molar-refractivity contribution in [2.24, 2.45) is 0 Å². The minimum Gasteiger partial charge on any atom is -0.386 e. The van der Waals surface area contributed by atoms with Crippen LogP contribution in [0.5, 0.6) is 0 Å². The van der Waals surface area contributed by atoms with Gasteiger partial charge in [-0.3, -0.25) is 4.79 Å². The van der Waals surface area contributed by atoms with Gasteiger partial charge in [0.05, 0.1) is 0 Å². The van der Waals surface area contributed by atoms with Crippen molar-refractivity contribution in [2.45, 2.75) is 24.7 Å². The number of hydrogen-bond donors (Lipinski definition) is 5. The summed E-state index contributed by atoms with van der Waals surface area (Å²) >= 11 is 0. The highest BCUT2D eigenvalue weighted by Crippen LogP contribution is 2.13. The summed E-state index contributed by atoms with van der Waals surface area (Å²) in [6.45, 7) is 0. The van der Waals surface area contributed by atoms with Crippen LogP contribution < -0.4 is 10.8 Å². The molecule has 0 amide bonds. The Morgan fingerprint density at radius 2 is 2.08 bits per heavy atom. The number of hydrogen-bond acceptors (Lipinski definition) is 7. The maximum Gasteiger partial charge on any atom is 0.198 e. The molecule has 0 saturated carbocycles. The zero-order chi connectivity index (χ0) is 10.0. The van der Waals surface area contributed by atoms with Crippen molar-refractivity contribution < 1.29 is 25.0 Å². The van der Waals surface area contributed by atoms with Crippen LogP contribution in [-0.2, 0) is 9.53 Å². The fourth-order valence-electron chi connectivity index (χ4n) is 1.19. The summed E-state index contributed by atoms with van der Waals surface area (Å²) in [6.07, 6.45) is -4.14. The summed E-state index contributed by atoms with van der Waals surface area (Å²) in [5.74, 6) is -0.567. The molecule has 0 aliphatic carbocycles. The van der Waals surface area contributed by atoms with E-state index in [9.17, 15) is 9.90 Å².